The van der Waals surface area contributed by atoms with Crippen LogP contribution in [0, 0.1) is 0 Å². The summed E-state index contributed by atoms with van der Waals surface area (Å²) in [5.41, 5.74) is 12.9. The molecule has 0 aliphatic rings. The average molecular weight is 745 g/mol. The van der Waals surface area contributed by atoms with E-state index in [4.69, 9.17) is 0 Å². The molecule has 0 radical (unpaired) electrons. The Hall–Kier alpha value is -6.90. The standard InChI is InChI=1S/C56H44N2/c1-3-33-57-51-25-11-9-21-49(51)53(47-23-13-17-37-15-5-7-19-43(37)47)55(57)41-29-31-45-39(35-41)27-28-40-36-42(30-32-46(40)45)56-54(48-24-14-18-38-16-6-8-20-44(38)48)50-22-10-12-26-52(50)58(56)34-4-2/h5-32,35-36H,3-4,33-34H2,1-2H3. The molecule has 0 fully saturated rings. The van der Waals surface area contributed by atoms with Gasteiger partial charge in [-0.15, -0.1) is 0 Å². The van der Waals surface area contributed by atoms with Gasteiger partial charge >= 0.3 is 0 Å². The predicted molar refractivity (Wildman–Crippen MR) is 250 cm³/mol. The largest absolute Gasteiger partial charge is 0.340 e. The Bertz CT molecular complexity index is 3140. The Kier molecular flexibility index (Phi) is 8.25. The first-order valence-corrected chi connectivity index (χ1v) is 20.9. The van der Waals surface area contributed by atoms with E-state index in [1.165, 1.54) is 110 Å². The van der Waals surface area contributed by atoms with Gasteiger partial charge in [0, 0.05) is 46.0 Å². The lowest BCUT2D eigenvalue weighted by Crippen LogP contribution is -2.00. The first kappa shape index (κ1) is 34.4. The minimum absolute atomic E-state index is 0.953. The Morgan fingerprint density at radius 1 is 0.328 bits per heavy atom. The van der Waals surface area contributed by atoms with Crippen molar-refractivity contribution in [1.29, 1.82) is 0 Å². The highest BCUT2D eigenvalue weighted by molar-refractivity contribution is 6.15. The minimum Gasteiger partial charge on any atom is -0.340 e. The molecule has 11 rings (SSSR count). The second-order valence-electron chi connectivity index (χ2n) is 15.8. The molecule has 0 aliphatic carbocycles. The molecule has 0 aliphatic heterocycles. The Balaban J connectivity index is 1.11. The van der Waals surface area contributed by atoms with Gasteiger partial charge in [0.25, 0.3) is 0 Å². The molecule has 0 N–H and O–H groups in total. The number of fused-ring (bicyclic) bond motifs is 7. The van der Waals surface area contributed by atoms with E-state index in [9.17, 15) is 0 Å². The van der Waals surface area contributed by atoms with Crippen molar-refractivity contribution in [2.45, 2.75) is 39.8 Å². The van der Waals surface area contributed by atoms with Gasteiger partial charge in [-0.2, -0.15) is 0 Å². The number of rotatable bonds is 8. The van der Waals surface area contributed by atoms with E-state index >= 15 is 0 Å². The van der Waals surface area contributed by atoms with Crippen molar-refractivity contribution in [1.82, 2.24) is 9.13 Å². The molecular formula is C56H44N2. The van der Waals surface area contributed by atoms with E-state index in [1.807, 2.05) is 0 Å². The molecule has 2 heterocycles. The molecular weight excluding hydrogens is 701 g/mol. The second-order valence-corrected chi connectivity index (χ2v) is 15.8. The summed E-state index contributed by atoms with van der Waals surface area (Å²) in [7, 11) is 0. The Labute approximate surface area is 339 Å². The zero-order chi connectivity index (χ0) is 38.7. The third-order valence-corrected chi connectivity index (χ3v) is 12.3. The normalized spacial score (nSPS) is 11.9. The quantitative estimate of drug-likeness (QED) is 0.137. The highest BCUT2D eigenvalue weighted by Gasteiger charge is 2.23. The number of aromatic nitrogens is 2. The van der Waals surface area contributed by atoms with Crippen molar-refractivity contribution in [2.24, 2.45) is 0 Å². The topological polar surface area (TPSA) is 9.86 Å². The van der Waals surface area contributed by atoms with Crippen LogP contribution in [0.4, 0.5) is 0 Å². The lowest BCUT2D eigenvalue weighted by atomic mass is 9.91. The fraction of sp³-hybridized carbons (Fsp3) is 0.107. The zero-order valence-corrected chi connectivity index (χ0v) is 33.0. The molecule has 0 amide bonds. The van der Waals surface area contributed by atoms with Crippen LogP contribution < -0.4 is 0 Å². The molecule has 0 bridgehead atoms. The maximum absolute atomic E-state index is 2.56. The molecule has 278 valence electrons. The van der Waals surface area contributed by atoms with Crippen LogP contribution in [0.1, 0.15) is 26.7 Å². The van der Waals surface area contributed by atoms with Gasteiger partial charge in [0.15, 0.2) is 0 Å². The molecule has 0 spiro atoms. The average Bonchev–Trinajstić information content (AvgIpc) is 3.78. The van der Waals surface area contributed by atoms with E-state index in [1.54, 1.807) is 0 Å². The number of nitrogens with zero attached hydrogens (tertiary/aromatic N) is 2. The molecule has 11 aromatic rings. The summed E-state index contributed by atoms with van der Waals surface area (Å²) in [4.78, 5) is 0. The monoisotopic (exact) mass is 744 g/mol. The van der Waals surface area contributed by atoms with Gasteiger partial charge in [-0.3, -0.25) is 0 Å². The Morgan fingerprint density at radius 3 is 1.17 bits per heavy atom. The number of para-hydroxylation sites is 2. The maximum atomic E-state index is 2.56. The molecule has 58 heavy (non-hydrogen) atoms. The zero-order valence-electron chi connectivity index (χ0n) is 33.0. The number of hydrogen-bond donors (Lipinski definition) is 0. The van der Waals surface area contributed by atoms with Crippen LogP contribution in [-0.4, -0.2) is 9.13 Å². The molecule has 0 unspecified atom stereocenters. The lowest BCUT2D eigenvalue weighted by molar-refractivity contribution is 0.710. The van der Waals surface area contributed by atoms with Gasteiger partial charge in [0.1, 0.15) is 0 Å². The van der Waals surface area contributed by atoms with E-state index in [0.717, 1.165) is 25.9 Å². The van der Waals surface area contributed by atoms with E-state index in [-0.39, 0.29) is 0 Å². The summed E-state index contributed by atoms with van der Waals surface area (Å²) in [6.07, 6.45) is 2.11. The van der Waals surface area contributed by atoms with Crippen molar-refractivity contribution >= 4 is 64.9 Å². The predicted octanol–water partition coefficient (Wildman–Crippen LogP) is 15.7. The summed E-state index contributed by atoms with van der Waals surface area (Å²) < 4.78 is 5.12. The highest BCUT2D eigenvalue weighted by Crippen LogP contribution is 2.47. The molecule has 2 nitrogen and oxygen atoms in total. The van der Waals surface area contributed by atoms with E-state index in [2.05, 4.69) is 205 Å². The highest BCUT2D eigenvalue weighted by atomic mass is 15.0. The Morgan fingerprint density at radius 2 is 0.724 bits per heavy atom. The number of hydrogen-bond acceptors (Lipinski definition) is 0. The summed E-state index contributed by atoms with van der Waals surface area (Å²) in [5, 5.41) is 12.8. The van der Waals surface area contributed by atoms with Gasteiger partial charge < -0.3 is 9.13 Å². The molecule has 0 saturated heterocycles. The fourth-order valence-corrected chi connectivity index (χ4v) is 9.92. The third-order valence-electron chi connectivity index (χ3n) is 12.3. The van der Waals surface area contributed by atoms with Gasteiger partial charge in [-0.25, -0.2) is 0 Å². The summed E-state index contributed by atoms with van der Waals surface area (Å²) in [5.74, 6) is 0. The van der Waals surface area contributed by atoms with Crippen molar-refractivity contribution < 1.29 is 0 Å². The number of aryl methyl sites for hydroxylation is 2. The summed E-state index contributed by atoms with van der Waals surface area (Å²) >= 11 is 0. The van der Waals surface area contributed by atoms with Gasteiger partial charge in [0.05, 0.1) is 11.4 Å². The molecule has 2 heteroatoms. The number of benzene rings is 9. The smallest absolute Gasteiger partial charge is 0.0571 e. The van der Waals surface area contributed by atoms with Crippen LogP contribution in [0.25, 0.3) is 110 Å². The van der Waals surface area contributed by atoms with Crippen LogP contribution in [0.15, 0.2) is 182 Å². The van der Waals surface area contributed by atoms with Crippen molar-refractivity contribution in [3.8, 4) is 44.8 Å². The molecule has 9 aromatic carbocycles. The van der Waals surface area contributed by atoms with E-state index in [0.29, 0.717) is 0 Å². The van der Waals surface area contributed by atoms with Crippen molar-refractivity contribution in [2.75, 3.05) is 0 Å². The van der Waals surface area contributed by atoms with Crippen LogP contribution >= 0.6 is 0 Å². The van der Waals surface area contributed by atoms with Crippen LogP contribution in [0.3, 0.4) is 0 Å². The molecule has 0 atom stereocenters. The maximum Gasteiger partial charge on any atom is 0.0571 e. The first-order chi connectivity index (χ1) is 28.7. The minimum atomic E-state index is 0.953. The fourth-order valence-electron chi connectivity index (χ4n) is 9.92. The lowest BCUT2D eigenvalue weighted by Gasteiger charge is -2.16. The molecule has 2 aromatic heterocycles. The van der Waals surface area contributed by atoms with Crippen LogP contribution in [0.2, 0.25) is 0 Å². The summed E-state index contributed by atoms with van der Waals surface area (Å²) in [6, 6.07) is 68.0. The third kappa shape index (κ3) is 5.32. The van der Waals surface area contributed by atoms with E-state index < -0.39 is 0 Å². The van der Waals surface area contributed by atoms with Gasteiger partial charge in [0.2, 0.25) is 0 Å². The molecule has 0 saturated carbocycles. The van der Waals surface area contributed by atoms with Gasteiger partial charge in [-0.1, -0.05) is 172 Å². The summed E-state index contributed by atoms with van der Waals surface area (Å²) in [6.45, 7) is 6.47. The second kappa shape index (κ2) is 13.9. The van der Waals surface area contributed by atoms with Gasteiger partial charge in [-0.05, 0) is 102 Å². The van der Waals surface area contributed by atoms with Crippen molar-refractivity contribution in [3.63, 3.8) is 0 Å². The SMILES string of the molecule is CCCn1c(-c2ccc3c(ccc4cc(-c5c(-c6cccc7ccccc67)c6ccccc6n5CCC)ccc43)c2)c(-c2cccc3ccccc23)c2ccccc21. The van der Waals surface area contributed by atoms with Crippen LogP contribution in [-0.2, 0) is 13.1 Å². The first-order valence-electron chi connectivity index (χ1n) is 20.9. The van der Waals surface area contributed by atoms with Crippen molar-refractivity contribution in [3.05, 3.63) is 182 Å². The van der Waals surface area contributed by atoms with Crippen LogP contribution in [0.5, 0.6) is 0 Å².